The van der Waals surface area contributed by atoms with Crippen LogP contribution in [0.1, 0.15) is 11.5 Å². The first-order valence-corrected chi connectivity index (χ1v) is 5.22. The van der Waals surface area contributed by atoms with Crippen molar-refractivity contribution in [1.29, 1.82) is 0 Å². The molecule has 0 heterocycles. The molecule has 0 saturated heterocycles. The third kappa shape index (κ3) is 2.31. The standard InChI is InChI=1S/C13H10F2O3/c14-10-3-1-2-8(6-10)9-4-5-13(15,18)11(7-9)12(16)17/h1-7,9,18H,(H,16,17). The van der Waals surface area contributed by atoms with Gasteiger partial charge in [0.1, 0.15) is 11.4 Å². The van der Waals surface area contributed by atoms with Crippen molar-refractivity contribution in [2.24, 2.45) is 0 Å². The minimum absolute atomic E-state index is 0.466. The van der Waals surface area contributed by atoms with E-state index in [-0.39, 0.29) is 0 Å². The number of allylic oxidation sites excluding steroid dienone is 2. The molecule has 0 bridgehead atoms. The van der Waals surface area contributed by atoms with Gasteiger partial charge in [0.05, 0.1) is 0 Å². The van der Waals surface area contributed by atoms with Crippen molar-refractivity contribution < 1.29 is 23.8 Å². The van der Waals surface area contributed by atoms with Gasteiger partial charge >= 0.3 is 5.97 Å². The Morgan fingerprint density at radius 2 is 2.11 bits per heavy atom. The third-order valence-electron chi connectivity index (χ3n) is 2.71. The summed E-state index contributed by atoms with van der Waals surface area (Å²) in [6, 6.07) is 5.55. The maximum Gasteiger partial charge on any atom is 0.337 e. The molecule has 0 fully saturated rings. The number of carboxylic acid groups (broad SMARTS) is 1. The second kappa shape index (κ2) is 4.34. The lowest BCUT2D eigenvalue weighted by molar-refractivity contribution is -0.137. The molecule has 0 saturated carbocycles. The fraction of sp³-hybridized carbons (Fsp3) is 0.154. The van der Waals surface area contributed by atoms with Crippen LogP contribution < -0.4 is 0 Å². The van der Waals surface area contributed by atoms with Crippen molar-refractivity contribution >= 4 is 5.97 Å². The topological polar surface area (TPSA) is 57.5 Å². The summed E-state index contributed by atoms with van der Waals surface area (Å²) in [5.41, 5.74) is -0.278. The summed E-state index contributed by atoms with van der Waals surface area (Å²) in [6.45, 7) is 0. The largest absolute Gasteiger partial charge is 0.478 e. The minimum atomic E-state index is -2.99. The number of alkyl halides is 1. The number of hydrogen-bond donors (Lipinski definition) is 2. The molecule has 2 N–H and O–H groups in total. The van der Waals surface area contributed by atoms with Crippen LogP contribution in [0.5, 0.6) is 0 Å². The molecule has 1 aromatic carbocycles. The van der Waals surface area contributed by atoms with Gasteiger partial charge in [-0.2, -0.15) is 0 Å². The summed E-state index contributed by atoms with van der Waals surface area (Å²) in [7, 11) is 0. The van der Waals surface area contributed by atoms with Gasteiger partial charge in [-0.15, -0.1) is 0 Å². The molecule has 0 aliphatic heterocycles. The number of carbonyl (C=O) groups is 1. The lowest BCUT2D eigenvalue weighted by atomic mass is 9.88. The second-order valence-corrected chi connectivity index (χ2v) is 4.00. The first kappa shape index (κ1) is 12.4. The predicted molar refractivity (Wildman–Crippen MR) is 60.1 cm³/mol. The Hall–Kier alpha value is -2.01. The fourth-order valence-corrected chi connectivity index (χ4v) is 1.82. The highest BCUT2D eigenvalue weighted by molar-refractivity contribution is 5.89. The molecular formula is C13H10F2O3. The Balaban J connectivity index is 2.41. The van der Waals surface area contributed by atoms with Crippen LogP contribution in [0.25, 0.3) is 0 Å². The van der Waals surface area contributed by atoms with E-state index in [1.807, 2.05) is 0 Å². The Morgan fingerprint density at radius 3 is 2.72 bits per heavy atom. The normalized spacial score (nSPS) is 26.8. The van der Waals surface area contributed by atoms with Gasteiger partial charge in [-0.3, -0.25) is 0 Å². The van der Waals surface area contributed by atoms with Crippen LogP contribution in [-0.2, 0) is 4.79 Å². The Labute approximate surface area is 102 Å². The van der Waals surface area contributed by atoms with Gasteiger partial charge in [-0.25, -0.2) is 13.6 Å². The van der Waals surface area contributed by atoms with Crippen molar-refractivity contribution in [3.05, 3.63) is 59.4 Å². The van der Waals surface area contributed by atoms with Crippen molar-refractivity contribution in [3.63, 3.8) is 0 Å². The Kier molecular flexibility index (Phi) is 3.00. The summed E-state index contributed by atoms with van der Waals surface area (Å²) in [5.74, 6) is -5.59. The summed E-state index contributed by atoms with van der Waals surface area (Å²) in [5, 5.41) is 18.1. The highest BCUT2D eigenvalue weighted by atomic mass is 19.2. The van der Waals surface area contributed by atoms with Crippen LogP contribution >= 0.6 is 0 Å². The molecule has 0 amide bonds. The maximum atomic E-state index is 13.5. The van der Waals surface area contributed by atoms with E-state index < -0.39 is 29.1 Å². The zero-order valence-electron chi connectivity index (χ0n) is 9.18. The Morgan fingerprint density at radius 1 is 1.39 bits per heavy atom. The van der Waals surface area contributed by atoms with E-state index in [0.29, 0.717) is 5.56 Å². The monoisotopic (exact) mass is 252 g/mol. The van der Waals surface area contributed by atoms with E-state index in [2.05, 4.69) is 0 Å². The smallest absolute Gasteiger partial charge is 0.337 e. The van der Waals surface area contributed by atoms with Crippen LogP contribution in [-0.4, -0.2) is 22.0 Å². The van der Waals surface area contributed by atoms with Gasteiger partial charge in [0.2, 0.25) is 0 Å². The molecule has 1 aliphatic rings. The molecule has 2 rings (SSSR count). The van der Waals surface area contributed by atoms with E-state index >= 15 is 0 Å². The molecule has 2 unspecified atom stereocenters. The molecule has 2 atom stereocenters. The summed E-state index contributed by atoms with van der Waals surface area (Å²) in [4.78, 5) is 10.8. The molecule has 5 heteroatoms. The lowest BCUT2D eigenvalue weighted by Crippen LogP contribution is -2.30. The van der Waals surface area contributed by atoms with E-state index in [4.69, 9.17) is 5.11 Å². The quantitative estimate of drug-likeness (QED) is 0.793. The molecule has 18 heavy (non-hydrogen) atoms. The molecule has 0 spiro atoms. The van der Waals surface area contributed by atoms with Gasteiger partial charge in [0.15, 0.2) is 0 Å². The SMILES string of the molecule is O=C(O)C1=CC(c2cccc(F)c2)C=CC1(O)F. The van der Waals surface area contributed by atoms with Crippen molar-refractivity contribution in [3.8, 4) is 0 Å². The van der Waals surface area contributed by atoms with Gasteiger partial charge in [-0.05, 0) is 23.8 Å². The minimum Gasteiger partial charge on any atom is -0.478 e. The first-order valence-electron chi connectivity index (χ1n) is 5.22. The molecule has 0 radical (unpaired) electrons. The zero-order valence-corrected chi connectivity index (χ0v) is 9.18. The lowest BCUT2D eigenvalue weighted by Gasteiger charge is -2.23. The highest BCUT2D eigenvalue weighted by Gasteiger charge is 2.36. The average molecular weight is 252 g/mol. The van der Waals surface area contributed by atoms with Crippen LogP contribution in [0, 0.1) is 5.82 Å². The second-order valence-electron chi connectivity index (χ2n) is 4.00. The maximum absolute atomic E-state index is 13.5. The van der Waals surface area contributed by atoms with Crippen molar-refractivity contribution in [1.82, 2.24) is 0 Å². The van der Waals surface area contributed by atoms with Gasteiger partial charge in [-0.1, -0.05) is 24.3 Å². The first-order chi connectivity index (χ1) is 8.40. The number of benzene rings is 1. The molecular weight excluding hydrogens is 242 g/mol. The van der Waals surface area contributed by atoms with E-state index in [1.165, 1.54) is 24.3 Å². The fourth-order valence-electron chi connectivity index (χ4n) is 1.82. The molecule has 3 nitrogen and oxygen atoms in total. The number of aliphatic hydroxyl groups is 1. The van der Waals surface area contributed by atoms with Gasteiger partial charge < -0.3 is 10.2 Å². The van der Waals surface area contributed by atoms with Crippen LogP contribution in [0.4, 0.5) is 8.78 Å². The van der Waals surface area contributed by atoms with Crippen LogP contribution in [0.3, 0.4) is 0 Å². The Bertz CT molecular complexity index is 547. The molecule has 0 aromatic heterocycles. The highest BCUT2D eigenvalue weighted by Crippen LogP contribution is 2.32. The number of carboxylic acids is 1. The molecule has 1 aromatic rings. The molecule has 94 valence electrons. The third-order valence-corrected chi connectivity index (χ3v) is 2.71. The summed E-state index contributed by atoms with van der Waals surface area (Å²) < 4.78 is 26.5. The van der Waals surface area contributed by atoms with Crippen molar-refractivity contribution in [2.75, 3.05) is 0 Å². The van der Waals surface area contributed by atoms with Crippen LogP contribution in [0.2, 0.25) is 0 Å². The van der Waals surface area contributed by atoms with E-state index in [0.717, 1.165) is 12.2 Å². The number of halogens is 2. The van der Waals surface area contributed by atoms with Gasteiger partial charge in [0.25, 0.3) is 5.85 Å². The molecule has 1 aliphatic carbocycles. The van der Waals surface area contributed by atoms with E-state index in [1.54, 1.807) is 6.07 Å². The average Bonchev–Trinajstić information content (AvgIpc) is 2.28. The summed E-state index contributed by atoms with van der Waals surface area (Å²) >= 11 is 0. The van der Waals surface area contributed by atoms with Crippen molar-refractivity contribution in [2.45, 2.75) is 11.8 Å². The van der Waals surface area contributed by atoms with Crippen LogP contribution in [0.15, 0.2) is 48.1 Å². The van der Waals surface area contributed by atoms with E-state index in [9.17, 15) is 18.7 Å². The summed E-state index contributed by atoms with van der Waals surface area (Å²) in [6.07, 6.45) is 3.12. The van der Waals surface area contributed by atoms with Gasteiger partial charge in [0, 0.05) is 5.92 Å². The number of aliphatic carboxylic acids is 1. The number of hydrogen-bond acceptors (Lipinski definition) is 2. The number of rotatable bonds is 2. The predicted octanol–water partition coefficient (Wildman–Crippen LogP) is 2.15. The zero-order chi connectivity index (χ0) is 13.3.